The second-order valence-electron chi connectivity index (χ2n) is 7.16. The zero-order chi connectivity index (χ0) is 20.8. The van der Waals surface area contributed by atoms with Crippen molar-refractivity contribution in [1.29, 1.82) is 0 Å². The number of nitrogens with zero attached hydrogens (tertiary/aromatic N) is 3. The number of benzene rings is 2. The van der Waals surface area contributed by atoms with Crippen LogP contribution in [0.1, 0.15) is 12.0 Å². The number of carbonyl (C=O) groups excluding carboxylic acids is 1. The van der Waals surface area contributed by atoms with Gasteiger partial charge < -0.3 is 15.4 Å². The highest BCUT2D eigenvalue weighted by molar-refractivity contribution is 5.91. The van der Waals surface area contributed by atoms with Gasteiger partial charge in [-0.2, -0.15) is 0 Å². The summed E-state index contributed by atoms with van der Waals surface area (Å²) in [7, 11) is 0. The predicted molar refractivity (Wildman–Crippen MR) is 114 cm³/mol. The molecule has 3 aromatic rings. The van der Waals surface area contributed by atoms with Gasteiger partial charge in [0.15, 0.2) is 0 Å². The van der Waals surface area contributed by atoms with Crippen LogP contribution >= 0.6 is 0 Å². The number of anilines is 2. The number of ether oxygens (including phenoxy) is 1. The zero-order valence-corrected chi connectivity index (χ0v) is 16.6. The van der Waals surface area contributed by atoms with Crippen LogP contribution in [-0.2, 0) is 16.1 Å². The van der Waals surface area contributed by atoms with Crippen LogP contribution in [0, 0.1) is 5.82 Å². The summed E-state index contributed by atoms with van der Waals surface area (Å²) >= 11 is 0. The Morgan fingerprint density at radius 3 is 2.83 bits per heavy atom. The van der Waals surface area contributed by atoms with Crippen molar-refractivity contribution in [1.82, 2.24) is 14.9 Å². The van der Waals surface area contributed by atoms with Crippen LogP contribution in [-0.4, -0.2) is 53.6 Å². The van der Waals surface area contributed by atoms with Crippen molar-refractivity contribution in [3.63, 3.8) is 0 Å². The van der Waals surface area contributed by atoms with E-state index >= 15 is 0 Å². The first kappa shape index (κ1) is 20.2. The molecule has 0 spiro atoms. The van der Waals surface area contributed by atoms with Crippen molar-refractivity contribution in [2.24, 2.45) is 0 Å². The molecule has 7 nitrogen and oxygen atoms in total. The Labute approximate surface area is 174 Å². The van der Waals surface area contributed by atoms with Gasteiger partial charge in [0.25, 0.3) is 0 Å². The molecule has 1 aliphatic rings. The standard InChI is InChI=1S/C22H24FN5O2/c23-19-6-2-5-18-21(19)25-15-26-22(18)24-14-16-3-1-4-17(13-16)27-20(29)7-8-28-9-11-30-12-10-28/h1-6,13,15H,7-12,14H2,(H,27,29)(H,24,25,26). The van der Waals surface area contributed by atoms with Gasteiger partial charge in [-0.05, 0) is 29.8 Å². The van der Waals surface area contributed by atoms with Gasteiger partial charge in [0.05, 0.1) is 13.2 Å². The molecule has 1 saturated heterocycles. The van der Waals surface area contributed by atoms with Crippen LogP contribution < -0.4 is 10.6 Å². The first-order valence-electron chi connectivity index (χ1n) is 10.0. The Morgan fingerprint density at radius 1 is 1.13 bits per heavy atom. The van der Waals surface area contributed by atoms with E-state index in [0.717, 1.165) is 44.1 Å². The third-order valence-electron chi connectivity index (χ3n) is 5.05. The van der Waals surface area contributed by atoms with E-state index in [4.69, 9.17) is 4.74 Å². The number of halogens is 1. The fourth-order valence-electron chi connectivity index (χ4n) is 3.45. The lowest BCUT2D eigenvalue weighted by molar-refractivity contribution is -0.116. The highest BCUT2D eigenvalue weighted by Gasteiger charge is 2.12. The monoisotopic (exact) mass is 409 g/mol. The Morgan fingerprint density at radius 2 is 1.97 bits per heavy atom. The first-order valence-corrected chi connectivity index (χ1v) is 10.0. The highest BCUT2D eigenvalue weighted by atomic mass is 19.1. The molecule has 2 heterocycles. The average molecular weight is 409 g/mol. The number of hydrogen-bond donors (Lipinski definition) is 2. The number of para-hydroxylation sites is 1. The summed E-state index contributed by atoms with van der Waals surface area (Å²) in [6.07, 6.45) is 1.79. The lowest BCUT2D eigenvalue weighted by atomic mass is 10.2. The normalized spacial score (nSPS) is 14.6. The molecule has 1 amide bonds. The SMILES string of the molecule is O=C(CCN1CCOCC1)Nc1cccc(CNc2ncnc3c(F)cccc23)c1. The first-order chi connectivity index (χ1) is 14.7. The Balaban J connectivity index is 1.34. The van der Waals surface area contributed by atoms with Crippen molar-refractivity contribution < 1.29 is 13.9 Å². The lowest BCUT2D eigenvalue weighted by Gasteiger charge is -2.26. The summed E-state index contributed by atoms with van der Waals surface area (Å²) in [6.45, 7) is 4.41. The molecule has 0 unspecified atom stereocenters. The quantitative estimate of drug-likeness (QED) is 0.625. The van der Waals surface area contributed by atoms with E-state index in [2.05, 4.69) is 25.5 Å². The van der Waals surface area contributed by atoms with Crippen LogP contribution in [0.15, 0.2) is 48.8 Å². The van der Waals surface area contributed by atoms with Crippen LogP contribution in [0.2, 0.25) is 0 Å². The minimum atomic E-state index is -0.375. The molecule has 0 atom stereocenters. The van der Waals surface area contributed by atoms with E-state index in [9.17, 15) is 9.18 Å². The second-order valence-corrected chi connectivity index (χ2v) is 7.16. The van der Waals surface area contributed by atoms with E-state index in [1.54, 1.807) is 12.1 Å². The van der Waals surface area contributed by atoms with Crippen LogP contribution in [0.5, 0.6) is 0 Å². The fraction of sp³-hybridized carbons (Fsp3) is 0.318. The summed E-state index contributed by atoms with van der Waals surface area (Å²) in [6, 6.07) is 12.4. The van der Waals surface area contributed by atoms with Crippen LogP contribution in [0.25, 0.3) is 10.9 Å². The average Bonchev–Trinajstić information content (AvgIpc) is 2.78. The van der Waals surface area contributed by atoms with Crippen molar-refractivity contribution in [3.8, 4) is 0 Å². The van der Waals surface area contributed by atoms with Gasteiger partial charge in [-0.1, -0.05) is 18.2 Å². The van der Waals surface area contributed by atoms with E-state index in [1.165, 1.54) is 12.4 Å². The van der Waals surface area contributed by atoms with E-state index in [0.29, 0.717) is 24.2 Å². The summed E-state index contributed by atoms with van der Waals surface area (Å²) in [5.41, 5.74) is 2.01. The molecule has 1 aliphatic heterocycles. The highest BCUT2D eigenvalue weighted by Crippen LogP contribution is 2.22. The molecule has 1 aromatic heterocycles. The van der Waals surface area contributed by atoms with Gasteiger partial charge in [-0.3, -0.25) is 9.69 Å². The summed E-state index contributed by atoms with van der Waals surface area (Å²) in [5, 5.41) is 6.82. The van der Waals surface area contributed by atoms with Gasteiger partial charge >= 0.3 is 0 Å². The van der Waals surface area contributed by atoms with E-state index in [-0.39, 0.29) is 17.2 Å². The summed E-state index contributed by atoms with van der Waals surface area (Å²) in [5.74, 6) is 0.183. The molecule has 156 valence electrons. The Bertz CT molecular complexity index is 1020. The van der Waals surface area contributed by atoms with Crippen molar-refractivity contribution in [3.05, 3.63) is 60.2 Å². The minimum Gasteiger partial charge on any atom is -0.379 e. The van der Waals surface area contributed by atoms with Crippen molar-refractivity contribution >= 4 is 28.3 Å². The summed E-state index contributed by atoms with van der Waals surface area (Å²) in [4.78, 5) is 22.8. The van der Waals surface area contributed by atoms with Gasteiger partial charge in [-0.15, -0.1) is 0 Å². The molecular weight excluding hydrogens is 385 g/mol. The number of morpholine rings is 1. The molecule has 1 fully saturated rings. The zero-order valence-electron chi connectivity index (χ0n) is 16.6. The number of aromatic nitrogens is 2. The molecule has 0 bridgehead atoms. The maximum Gasteiger partial charge on any atom is 0.225 e. The molecule has 2 aromatic carbocycles. The van der Waals surface area contributed by atoms with Crippen LogP contribution in [0.3, 0.4) is 0 Å². The fourth-order valence-corrected chi connectivity index (χ4v) is 3.45. The van der Waals surface area contributed by atoms with Gasteiger partial charge in [-0.25, -0.2) is 14.4 Å². The Kier molecular flexibility index (Phi) is 6.46. The number of amides is 1. The van der Waals surface area contributed by atoms with Crippen molar-refractivity contribution in [2.45, 2.75) is 13.0 Å². The van der Waals surface area contributed by atoms with E-state index < -0.39 is 0 Å². The number of nitrogens with one attached hydrogen (secondary N) is 2. The smallest absolute Gasteiger partial charge is 0.225 e. The maximum absolute atomic E-state index is 13.9. The largest absolute Gasteiger partial charge is 0.379 e. The van der Waals surface area contributed by atoms with Crippen LogP contribution in [0.4, 0.5) is 15.9 Å². The molecule has 0 aliphatic carbocycles. The molecule has 4 rings (SSSR count). The molecule has 30 heavy (non-hydrogen) atoms. The third-order valence-corrected chi connectivity index (χ3v) is 5.05. The number of fused-ring (bicyclic) bond motifs is 1. The Hall–Kier alpha value is -3.10. The molecule has 0 saturated carbocycles. The maximum atomic E-state index is 13.9. The molecule has 0 radical (unpaired) electrons. The third kappa shape index (κ3) is 5.08. The molecular formula is C22H24FN5O2. The predicted octanol–water partition coefficient (Wildman–Crippen LogP) is 3.04. The number of rotatable bonds is 7. The van der Waals surface area contributed by atoms with E-state index in [1.807, 2.05) is 24.3 Å². The topological polar surface area (TPSA) is 79.4 Å². The van der Waals surface area contributed by atoms with Gasteiger partial charge in [0.1, 0.15) is 23.5 Å². The minimum absolute atomic E-state index is 0.0103. The lowest BCUT2D eigenvalue weighted by Crippen LogP contribution is -2.38. The summed E-state index contributed by atoms with van der Waals surface area (Å²) < 4.78 is 19.2. The number of carbonyl (C=O) groups is 1. The number of hydrogen-bond acceptors (Lipinski definition) is 6. The van der Waals surface area contributed by atoms with Crippen molar-refractivity contribution in [2.75, 3.05) is 43.5 Å². The molecule has 2 N–H and O–H groups in total. The van der Waals surface area contributed by atoms with Gasteiger partial charge in [0.2, 0.25) is 5.91 Å². The molecule has 8 heteroatoms. The second kappa shape index (κ2) is 9.60. The van der Waals surface area contributed by atoms with Gasteiger partial charge in [0, 0.05) is 43.7 Å².